The van der Waals surface area contributed by atoms with E-state index in [1.807, 2.05) is 28.8 Å². The average Bonchev–Trinajstić information content (AvgIpc) is 2.72. The zero-order valence-corrected chi connectivity index (χ0v) is 20.0. The summed E-state index contributed by atoms with van der Waals surface area (Å²) in [5.41, 5.74) is 1.56. The van der Waals surface area contributed by atoms with Gasteiger partial charge in [0.2, 0.25) is 0 Å². The Morgan fingerprint density at radius 1 is 1.29 bits per heavy atom. The molecule has 1 aromatic carbocycles. The van der Waals surface area contributed by atoms with E-state index in [4.69, 9.17) is 9.73 Å². The van der Waals surface area contributed by atoms with Crippen LogP contribution in [0.15, 0.2) is 23.2 Å². The van der Waals surface area contributed by atoms with Gasteiger partial charge in [-0.3, -0.25) is 0 Å². The summed E-state index contributed by atoms with van der Waals surface area (Å²) in [5, 5.41) is 4.06. The van der Waals surface area contributed by atoms with Gasteiger partial charge in [-0.25, -0.2) is 9.38 Å². The summed E-state index contributed by atoms with van der Waals surface area (Å²) in [6, 6.07) is 5.49. The van der Waals surface area contributed by atoms with E-state index in [-0.39, 0.29) is 29.8 Å². The molecule has 1 atom stereocenters. The van der Waals surface area contributed by atoms with Crippen molar-refractivity contribution >= 4 is 47.4 Å². The molecule has 1 N–H and O–H groups in total. The lowest BCUT2D eigenvalue weighted by atomic mass is 10.1. The van der Waals surface area contributed by atoms with Crippen LogP contribution in [0.1, 0.15) is 25.8 Å². The third kappa shape index (κ3) is 6.38. The van der Waals surface area contributed by atoms with Crippen LogP contribution in [0.2, 0.25) is 0 Å². The fraction of sp³-hybridized carbons (Fsp3) is 0.650. The number of aliphatic imine (C=N–C) groups is 1. The Labute approximate surface area is 189 Å². The molecule has 1 unspecified atom stereocenters. The van der Waals surface area contributed by atoms with Gasteiger partial charge in [0.25, 0.3) is 0 Å². The molecule has 2 fully saturated rings. The van der Waals surface area contributed by atoms with Crippen LogP contribution in [0.3, 0.4) is 0 Å². The van der Waals surface area contributed by atoms with Gasteiger partial charge in [0.05, 0.1) is 25.4 Å². The fourth-order valence-corrected chi connectivity index (χ4v) is 4.64. The molecule has 1 aromatic rings. The van der Waals surface area contributed by atoms with E-state index in [1.165, 1.54) is 6.42 Å². The molecule has 0 aromatic heterocycles. The maximum Gasteiger partial charge on any atom is 0.194 e. The summed E-state index contributed by atoms with van der Waals surface area (Å²) in [4.78, 5) is 9.17. The summed E-state index contributed by atoms with van der Waals surface area (Å²) < 4.78 is 19.9. The molecule has 28 heavy (non-hydrogen) atoms. The van der Waals surface area contributed by atoms with Crippen molar-refractivity contribution in [3.05, 3.63) is 29.6 Å². The Hall–Kier alpha value is -0.740. The number of guanidine groups is 1. The van der Waals surface area contributed by atoms with E-state index in [1.54, 1.807) is 6.07 Å². The molecule has 3 rings (SSSR count). The first-order valence-corrected chi connectivity index (χ1v) is 11.0. The topological polar surface area (TPSA) is 40.1 Å². The number of rotatable bonds is 5. The predicted octanol–water partition coefficient (Wildman–Crippen LogP) is 3.57. The second-order valence-corrected chi connectivity index (χ2v) is 8.31. The zero-order valence-electron chi connectivity index (χ0n) is 16.8. The molecule has 158 valence electrons. The minimum absolute atomic E-state index is 0. The van der Waals surface area contributed by atoms with Gasteiger partial charge in [-0.2, -0.15) is 11.8 Å². The SMILES string of the molecule is CCNC(=NCc1ccc(N2CCOCC2)c(F)c1)N1CCSC(CC)C1.I. The van der Waals surface area contributed by atoms with Gasteiger partial charge in [0.15, 0.2) is 5.96 Å². The Kier molecular flexibility index (Phi) is 10.1. The van der Waals surface area contributed by atoms with Crippen molar-refractivity contribution in [3.8, 4) is 0 Å². The van der Waals surface area contributed by atoms with Crippen molar-refractivity contribution in [2.75, 3.05) is 56.6 Å². The summed E-state index contributed by atoms with van der Waals surface area (Å²) in [6.07, 6.45) is 1.18. The van der Waals surface area contributed by atoms with Crippen molar-refractivity contribution < 1.29 is 9.13 Å². The van der Waals surface area contributed by atoms with E-state index in [9.17, 15) is 4.39 Å². The number of nitrogens with zero attached hydrogens (tertiary/aromatic N) is 3. The van der Waals surface area contributed by atoms with Crippen LogP contribution in [-0.4, -0.2) is 67.8 Å². The summed E-state index contributed by atoms with van der Waals surface area (Å²) >= 11 is 2.05. The lowest BCUT2D eigenvalue weighted by Gasteiger charge is -2.34. The lowest BCUT2D eigenvalue weighted by Crippen LogP contribution is -2.48. The number of halogens is 2. The third-order valence-electron chi connectivity index (χ3n) is 5.00. The summed E-state index contributed by atoms with van der Waals surface area (Å²) in [6.45, 7) is 10.5. The molecule has 5 nitrogen and oxygen atoms in total. The number of nitrogens with one attached hydrogen (secondary N) is 1. The highest BCUT2D eigenvalue weighted by molar-refractivity contribution is 14.0. The third-order valence-corrected chi connectivity index (χ3v) is 6.38. The van der Waals surface area contributed by atoms with Crippen LogP contribution >= 0.6 is 35.7 Å². The minimum atomic E-state index is -0.171. The van der Waals surface area contributed by atoms with E-state index >= 15 is 0 Å². The molecular weight excluding hydrogens is 490 g/mol. The Morgan fingerprint density at radius 3 is 2.75 bits per heavy atom. The number of morpholine rings is 1. The monoisotopic (exact) mass is 522 g/mol. The van der Waals surface area contributed by atoms with E-state index in [0.29, 0.717) is 30.7 Å². The van der Waals surface area contributed by atoms with Crippen molar-refractivity contribution in [3.63, 3.8) is 0 Å². The Morgan fingerprint density at radius 2 is 2.07 bits per heavy atom. The molecule has 2 aliphatic rings. The normalized spacial score (nSPS) is 20.7. The number of anilines is 1. The second kappa shape index (κ2) is 12.1. The minimum Gasteiger partial charge on any atom is -0.378 e. The molecule has 0 spiro atoms. The number of hydrogen-bond acceptors (Lipinski definition) is 4. The Bertz CT molecular complexity index is 643. The highest BCUT2D eigenvalue weighted by atomic mass is 127. The predicted molar refractivity (Wildman–Crippen MR) is 128 cm³/mol. The first-order valence-electron chi connectivity index (χ1n) is 9.97. The van der Waals surface area contributed by atoms with E-state index < -0.39 is 0 Å². The van der Waals surface area contributed by atoms with Crippen molar-refractivity contribution in [1.29, 1.82) is 0 Å². The van der Waals surface area contributed by atoms with Gasteiger partial charge in [-0.1, -0.05) is 13.0 Å². The van der Waals surface area contributed by atoms with E-state index in [0.717, 1.165) is 50.0 Å². The van der Waals surface area contributed by atoms with Crippen molar-refractivity contribution in [1.82, 2.24) is 10.2 Å². The van der Waals surface area contributed by atoms with Crippen LogP contribution in [0.5, 0.6) is 0 Å². The molecule has 8 heteroatoms. The number of benzene rings is 1. The standard InChI is InChI=1S/C20H31FN4OS.HI/c1-3-17-15-25(9-12-27-17)20(22-4-2)23-14-16-5-6-19(18(21)13-16)24-7-10-26-11-8-24;/h5-6,13,17H,3-4,7-12,14-15H2,1-2H3,(H,22,23);1H. The van der Waals surface area contributed by atoms with Gasteiger partial charge in [-0.05, 0) is 31.0 Å². The molecule has 0 bridgehead atoms. The smallest absolute Gasteiger partial charge is 0.194 e. The quantitative estimate of drug-likeness (QED) is 0.364. The Balaban J connectivity index is 0.00000280. The zero-order chi connectivity index (χ0) is 19.1. The highest BCUT2D eigenvalue weighted by Crippen LogP contribution is 2.23. The maximum atomic E-state index is 14.6. The number of ether oxygens (including phenoxy) is 1. The first kappa shape index (κ1) is 23.5. The van der Waals surface area contributed by atoms with Crippen LogP contribution in [0.25, 0.3) is 0 Å². The summed E-state index contributed by atoms with van der Waals surface area (Å²) in [5.74, 6) is 1.90. The van der Waals surface area contributed by atoms with Gasteiger partial charge < -0.3 is 19.9 Å². The van der Waals surface area contributed by atoms with Gasteiger partial charge in [-0.15, -0.1) is 24.0 Å². The van der Waals surface area contributed by atoms with Gasteiger partial charge in [0.1, 0.15) is 5.82 Å². The molecular formula is C20H32FIN4OS. The van der Waals surface area contributed by atoms with Crippen molar-refractivity contribution in [2.45, 2.75) is 32.1 Å². The molecule has 0 aliphatic carbocycles. The van der Waals surface area contributed by atoms with Crippen LogP contribution < -0.4 is 10.2 Å². The van der Waals surface area contributed by atoms with Gasteiger partial charge >= 0.3 is 0 Å². The first-order chi connectivity index (χ1) is 13.2. The number of thioether (sulfide) groups is 1. The van der Waals surface area contributed by atoms with Crippen LogP contribution in [0.4, 0.5) is 10.1 Å². The van der Waals surface area contributed by atoms with Crippen molar-refractivity contribution in [2.24, 2.45) is 4.99 Å². The molecule has 0 amide bonds. The largest absolute Gasteiger partial charge is 0.378 e. The molecule has 0 saturated carbocycles. The highest BCUT2D eigenvalue weighted by Gasteiger charge is 2.21. The summed E-state index contributed by atoms with van der Waals surface area (Å²) in [7, 11) is 0. The molecule has 2 aliphatic heterocycles. The fourth-order valence-electron chi connectivity index (χ4n) is 3.46. The molecule has 0 radical (unpaired) electrons. The average molecular weight is 522 g/mol. The van der Waals surface area contributed by atoms with Gasteiger partial charge in [0, 0.05) is 43.7 Å². The van der Waals surface area contributed by atoms with Crippen LogP contribution in [0, 0.1) is 5.82 Å². The number of hydrogen-bond donors (Lipinski definition) is 1. The maximum absolute atomic E-state index is 14.6. The lowest BCUT2D eigenvalue weighted by molar-refractivity contribution is 0.122. The van der Waals surface area contributed by atoms with Crippen LogP contribution in [-0.2, 0) is 11.3 Å². The van der Waals surface area contributed by atoms with E-state index in [2.05, 4.69) is 24.1 Å². The molecule has 2 heterocycles. The second-order valence-electron chi connectivity index (χ2n) is 6.90. The molecule has 2 saturated heterocycles.